The Kier molecular flexibility index (Phi) is 2.76. The number of benzene rings is 1. The van der Waals surface area contributed by atoms with Crippen molar-refractivity contribution >= 4 is 39.6 Å². The maximum atomic E-state index is 10.9. The lowest BCUT2D eigenvalue weighted by molar-refractivity contribution is -0.118. The van der Waals surface area contributed by atoms with Gasteiger partial charge in [0.15, 0.2) is 0 Å². The molecule has 88 valence electrons. The van der Waals surface area contributed by atoms with E-state index in [4.69, 9.17) is 11.6 Å². The van der Waals surface area contributed by atoms with Crippen LogP contribution in [-0.4, -0.2) is 22.8 Å². The molecule has 0 radical (unpaired) electrons. The van der Waals surface area contributed by atoms with Crippen LogP contribution < -0.4 is 0 Å². The summed E-state index contributed by atoms with van der Waals surface area (Å²) in [5.41, 5.74) is 0.926. The molecule has 5 heteroatoms. The molecule has 1 aromatic carbocycles. The minimum absolute atomic E-state index is 0.156. The first-order valence-corrected chi connectivity index (χ1v) is 6.74. The Balaban J connectivity index is 2.03. The number of aromatic nitrogens is 1. The van der Waals surface area contributed by atoms with Crippen LogP contribution in [0.1, 0.15) is 23.9 Å². The van der Waals surface area contributed by atoms with Gasteiger partial charge in [0.2, 0.25) is 6.41 Å². The number of amides is 1. The Morgan fingerprint density at radius 3 is 3.24 bits per heavy atom. The van der Waals surface area contributed by atoms with Crippen LogP contribution in [0, 0.1) is 0 Å². The van der Waals surface area contributed by atoms with E-state index in [9.17, 15) is 4.79 Å². The standard InChI is InChI=1S/C12H11ClN2OS/c13-8-3-4-11-9(6-8)14-12(17-11)10-2-1-5-15(10)7-16/h3-4,6-7,10H,1-2,5H2. The molecular weight excluding hydrogens is 256 g/mol. The minimum Gasteiger partial charge on any atom is -0.336 e. The molecule has 3 rings (SSSR count). The lowest BCUT2D eigenvalue weighted by Gasteiger charge is -2.16. The van der Waals surface area contributed by atoms with E-state index in [1.54, 1.807) is 11.3 Å². The van der Waals surface area contributed by atoms with Crippen molar-refractivity contribution in [2.75, 3.05) is 6.54 Å². The number of hydrogen-bond donors (Lipinski definition) is 0. The van der Waals surface area contributed by atoms with Gasteiger partial charge in [-0.2, -0.15) is 0 Å². The van der Waals surface area contributed by atoms with Crippen LogP contribution in [0.25, 0.3) is 10.2 Å². The Morgan fingerprint density at radius 1 is 1.53 bits per heavy atom. The molecular formula is C12H11ClN2OS. The highest BCUT2D eigenvalue weighted by molar-refractivity contribution is 7.18. The topological polar surface area (TPSA) is 33.2 Å². The van der Waals surface area contributed by atoms with Gasteiger partial charge in [0.25, 0.3) is 0 Å². The zero-order chi connectivity index (χ0) is 11.8. The largest absolute Gasteiger partial charge is 0.336 e. The van der Waals surface area contributed by atoms with Gasteiger partial charge in [0.05, 0.1) is 16.3 Å². The fourth-order valence-electron chi connectivity index (χ4n) is 2.24. The summed E-state index contributed by atoms with van der Waals surface area (Å²) in [6, 6.07) is 5.89. The molecule has 2 heterocycles. The van der Waals surface area contributed by atoms with Gasteiger partial charge in [-0.25, -0.2) is 4.98 Å². The van der Waals surface area contributed by atoms with E-state index in [-0.39, 0.29) is 6.04 Å². The van der Waals surface area contributed by atoms with Gasteiger partial charge >= 0.3 is 0 Å². The molecule has 1 aliphatic rings. The SMILES string of the molecule is O=CN1CCCC1c1nc2cc(Cl)ccc2s1. The van der Waals surface area contributed by atoms with E-state index < -0.39 is 0 Å². The first kappa shape index (κ1) is 11.0. The predicted molar refractivity (Wildman–Crippen MR) is 69.4 cm³/mol. The Bertz CT molecular complexity index is 569. The quantitative estimate of drug-likeness (QED) is 0.782. The first-order valence-electron chi connectivity index (χ1n) is 5.55. The van der Waals surface area contributed by atoms with Gasteiger partial charge in [-0.3, -0.25) is 4.79 Å². The molecule has 3 nitrogen and oxygen atoms in total. The van der Waals surface area contributed by atoms with Crippen molar-refractivity contribution in [1.82, 2.24) is 9.88 Å². The van der Waals surface area contributed by atoms with Crippen molar-refractivity contribution in [3.63, 3.8) is 0 Å². The van der Waals surface area contributed by atoms with Gasteiger partial charge in [-0.05, 0) is 31.0 Å². The number of halogens is 1. The zero-order valence-corrected chi connectivity index (χ0v) is 10.7. The third-order valence-electron chi connectivity index (χ3n) is 3.08. The van der Waals surface area contributed by atoms with Crippen molar-refractivity contribution in [1.29, 1.82) is 0 Å². The fourth-order valence-corrected chi connectivity index (χ4v) is 3.51. The van der Waals surface area contributed by atoms with Crippen molar-refractivity contribution in [2.45, 2.75) is 18.9 Å². The van der Waals surface area contributed by atoms with E-state index in [0.717, 1.165) is 41.0 Å². The van der Waals surface area contributed by atoms with Gasteiger partial charge in [0, 0.05) is 11.6 Å². The molecule has 1 saturated heterocycles. The molecule has 0 aliphatic carbocycles. The predicted octanol–water partition coefficient (Wildman–Crippen LogP) is 3.24. The number of hydrogen-bond acceptors (Lipinski definition) is 3. The van der Waals surface area contributed by atoms with E-state index in [1.165, 1.54) is 0 Å². The number of carbonyl (C=O) groups is 1. The van der Waals surface area contributed by atoms with Crippen molar-refractivity contribution < 1.29 is 4.79 Å². The number of rotatable bonds is 2. The molecule has 1 aromatic heterocycles. The lowest BCUT2D eigenvalue weighted by Crippen LogP contribution is -2.20. The normalized spacial score (nSPS) is 20.1. The number of nitrogens with zero attached hydrogens (tertiary/aromatic N) is 2. The molecule has 1 aliphatic heterocycles. The summed E-state index contributed by atoms with van der Waals surface area (Å²) in [7, 11) is 0. The lowest BCUT2D eigenvalue weighted by atomic mass is 10.2. The summed E-state index contributed by atoms with van der Waals surface area (Å²) in [6.45, 7) is 0.838. The van der Waals surface area contributed by atoms with E-state index in [0.29, 0.717) is 5.02 Å². The Labute approximate surface area is 108 Å². The van der Waals surface area contributed by atoms with Crippen molar-refractivity contribution in [3.05, 3.63) is 28.2 Å². The summed E-state index contributed by atoms with van der Waals surface area (Å²) in [6.07, 6.45) is 2.99. The molecule has 2 aromatic rings. The van der Waals surface area contributed by atoms with Crippen LogP contribution in [0.2, 0.25) is 5.02 Å². The van der Waals surface area contributed by atoms with Gasteiger partial charge < -0.3 is 4.90 Å². The van der Waals surface area contributed by atoms with Crippen LogP contribution >= 0.6 is 22.9 Å². The number of thiazole rings is 1. The van der Waals surface area contributed by atoms with E-state index in [2.05, 4.69) is 4.98 Å². The highest BCUT2D eigenvalue weighted by atomic mass is 35.5. The number of fused-ring (bicyclic) bond motifs is 1. The third-order valence-corrected chi connectivity index (χ3v) is 4.45. The molecule has 1 unspecified atom stereocenters. The molecule has 1 amide bonds. The molecule has 1 fully saturated rings. The summed E-state index contributed by atoms with van der Waals surface area (Å²) >= 11 is 7.59. The van der Waals surface area contributed by atoms with Crippen LogP contribution in [0.5, 0.6) is 0 Å². The van der Waals surface area contributed by atoms with Crippen LogP contribution in [0.15, 0.2) is 18.2 Å². The van der Waals surface area contributed by atoms with E-state index in [1.807, 2.05) is 23.1 Å². The fraction of sp³-hybridized carbons (Fsp3) is 0.333. The minimum atomic E-state index is 0.156. The number of likely N-dealkylation sites (tertiary alicyclic amines) is 1. The van der Waals surface area contributed by atoms with Gasteiger partial charge in [-0.1, -0.05) is 11.6 Å². The van der Waals surface area contributed by atoms with Gasteiger partial charge in [0.1, 0.15) is 5.01 Å². The first-order chi connectivity index (χ1) is 8.28. The highest BCUT2D eigenvalue weighted by Crippen LogP contribution is 2.35. The second kappa shape index (κ2) is 4.27. The van der Waals surface area contributed by atoms with Gasteiger partial charge in [-0.15, -0.1) is 11.3 Å². The molecule has 0 spiro atoms. The Hall–Kier alpha value is -1.13. The maximum absolute atomic E-state index is 10.9. The van der Waals surface area contributed by atoms with Crippen LogP contribution in [-0.2, 0) is 4.79 Å². The highest BCUT2D eigenvalue weighted by Gasteiger charge is 2.27. The van der Waals surface area contributed by atoms with E-state index >= 15 is 0 Å². The molecule has 0 bridgehead atoms. The smallest absolute Gasteiger partial charge is 0.210 e. The second-order valence-corrected chi connectivity index (χ2v) is 5.66. The average Bonchev–Trinajstić information content (AvgIpc) is 2.93. The summed E-state index contributed by atoms with van der Waals surface area (Å²) in [5, 5.41) is 1.72. The summed E-state index contributed by atoms with van der Waals surface area (Å²) in [4.78, 5) is 17.4. The van der Waals surface area contributed by atoms with Crippen LogP contribution in [0.4, 0.5) is 0 Å². The van der Waals surface area contributed by atoms with Crippen LogP contribution in [0.3, 0.4) is 0 Å². The summed E-state index contributed by atoms with van der Waals surface area (Å²) < 4.78 is 1.13. The summed E-state index contributed by atoms with van der Waals surface area (Å²) in [5.74, 6) is 0. The Morgan fingerprint density at radius 2 is 2.41 bits per heavy atom. The molecule has 0 N–H and O–H groups in total. The number of carbonyl (C=O) groups excluding carboxylic acids is 1. The second-order valence-electron chi connectivity index (χ2n) is 4.17. The molecule has 1 atom stereocenters. The average molecular weight is 267 g/mol. The van der Waals surface area contributed by atoms with Crippen molar-refractivity contribution in [3.8, 4) is 0 Å². The zero-order valence-electron chi connectivity index (χ0n) is 9.10. The third kappa shape index (κ3) is 1.91. The van der Waals surface area contributed by atoms with Crippen molar-refractivity contribution in [2.24, 2.45) is 0 Å². The molecule has 17 heavy (non-hydrogen) atoms. The maximum Gasteiger partial charge on any atom is 0.210 e. The molecule has 0 saturated carbocycles. The monoisotopic (exact) mass is 266 g/mol.